The molecule has 0 aromatic carbocycles. The lowest BCUT2D eigenvalue weighted by atomic mass is 10.2. The van der Waals surface area contributed by atoms with Gasteiger partial charge in [-0.15, -0.1) is 0 Å². The van der Waals surface area contributed by atoms with E-state index >= 15 is 0 Å². The van der Waals surface area contributed by atoms with Gasteiger partial charge in [0.1, 0.15) is 0 Å². The Hall–Kier alpha value is -0.610. The molecule has 0 amide bonds. The van der Waals surface area contributed by atoms with Gasteiger partial charge >= 0.3 is 0 Å². The lowest BCUT2D eigenvalue weighted by Gasteiger charge is -1.95. The predicted octanol–water partition coefficient (Wildman–Crippen LogP) is -0.482. The zero-order valence-corrected chi connectivity index (χ0v) is 6.91. The Bertz CT molecular complexity index is 99.9. The lowest BCUT2D eigenvalue weighted by molar-refractivity contribution is -0.126. The Labute approximate surface area is 66.5 Å². The standard InChI is InChI=1S/C5H11NO.C2H4O2/c1-4-2-5(7)3-6-4;1-4-2-3/h4-7H,2-3H2,1H3;2H,1H3/t4-,5+;/m1./s1. The van der Waals surface area contributed by atoms with E-state index in [1.807, 2.05) is 0 Å². The summed E-state index contributed by atoms with van der Waals surface area (Å²) in [6.45, 7) is 3.23. The van der Waals surface area contributed by atoms with Crippen LogP contribution in [-0.4, -0.2) is 37.4 Å². The third-order valence-corrected chi connectivity index (χ3v) is 1.42. The maximum atomic E-state index is 8.95. The molecular formula is C7H15NO3. The molecule has 0 spiro atoms. The molecule has 0 radical (unpaired) electrons. The van der Waals surface area contributed by atoms with Gasteiger partial charge in [0.05, 0.1) is 13.2 Å². The summed E-state index contributed by atoms with van der Waals surface area (Å²) < 4.78 is 3.86. The number of hydrogen-bond acceptors (Lipinski definition) is 4. The van der Waals surface area contributed by atoms with Crippen molar-refractivity contribution in [3.8, 4) is 0 Å². The zero-order valence-electron chi connectivity index (χ0n) is 6.91. The minimum absolute atomic E-state index is 0.0880. The van der Waals surface area contributed by atoms with Crippen molar-refractivity contribution in [3.63, 3.8) is 0 Å². The van der Waals surface area contributed by atoms with Crippen LogP contribution >= 0.6 is 0 Å². The van der Waals surface area contributed by atoms with E-state index in [1.165, 1.54) is 7.11 Å². The summed E-state index contributed by atoms with van der Waals surface area (Å²) in [5, 5.41) is 12.0. The number of aliphatic hydroxyl groups is 1. The van der Waals surface area contributed by atoms with Gasteiger partial charge in [-0.1, -0.05) is 0 Å². The van der Waals surface area contributed by atoms with Crippen molar-refractivity contribution < 1.29 is 14.6 Å². The van der Waals surface area contributed by atoms with E-state index in [1.54, 1.807) is 0 Å². The van der Waals surface area contributed by atoms with Crippen LogP contribution in [0.1, 0.15) is 13.3 Å². The Morgan fingerprint density at radius 3 is 2.36 bits per heavy atom. The molecule has 2 atom stereocenters. The fraction of sp³-hybridized carbons (Fsp3) is 0.857. The highest BCUT2D eigenvalue weighted by Gasteiger charge is 2.16. The third kappa shape index (κ3) is 5.82. The Balaban J connectivity index is 0.000000218. The van der Waals surface area contributed by atoms with E-state index in [2.05, 4.69) is 17.0 Å². The Morgan fingerprint density at radius 1 is 1.73 bits per heavy atom. The molecule has 2 N–H and O–H groups in total. The van der Waals surface area contributed by atoms with Gasteiger partial charge in [-0.3, -0.25) is 4.79 Å². The predicted molar refractivity (Wildman–Crippen MR) is 41.2 cm³/mol. The summed E-state index contributed by atoms with van der Waals surface area (Å²) >= 11 is 0. The number of aliphatic hydroxyl groups excluding tert-OH is 1. The maximum absolute atomic E-state index is 8.95. The molecule has 4 heteroatoms. The van der Waals surface area contributed by atoms with E-state index in [-0.39, 0.29) is 6.10 Å². The summed E-state index contributed by atoms with van der Waals surface area (Å²) in [4.78, 5) is 8.95. The molecule has 1 aliphatic heterocycles. The van der Waals surface area contributed by atoms with Gasteiger partial charge in [0.25, 0.3) is 6.47 Å². The zero-order chi connectivity index (χ0) is 8.69. The van der Waals surface area contributed by atoms with Crippen LogP contribution in [0.5, 0.6) is 0 Å². The molecule has 0 aromatic rings. The average Bonchev–Trinajstić information content (AvgIpc) is 2.35. The number of carbonyl (C=O) groups is 1. The van der Waals surface area contributed by atoms with Gasteiger partial charge in [0.2, 0.25) is 0 Å². The van der Waals surface area contributed by atoms with Crippen LogP contribution in [-0.2, 0) is 9.53 Å². The molecule has 0 bridgehead atoms. The number of carbonyl (C=O) groups excluding carboxylic acids is 1. The number of hydrogen-bond donors (Lipinski definition) is 2. The van der Waals surface area contributed by atoms with Crippen LogP contribution in [0, 0.1) is 0 Å². The van der Waals surface area contributed by atoms with Gasteiger partial charge in [-0.25, -0.2) is 0 Å². The molecule has 0 aromatic heterocycles. The first-order valence-electron chi connectivity index (χ1n) is 3.58. The number of β-amino-alcohol motifs (C(OH)–C–C–N with tert-alkyl or cyclic N) is 1. The quantitative estimate of drug-likeness (QED) is 0.510. The van der Waals surface area contributed by atoms with Crippen LogP contribution in [0.15, 0.2) is 0 Å². The van der Waals surface area contributed by atoms with E-state index in [4.69, 9.17) is 9.90 Å². The van der Waals surface area contributed by atoms with Crippen LogP contribution in [0.4, 0.5) is 0 Å². The van der Waals surface area contributed by atoms with Crippen LogP contribution in [0.25, 0.3) is 0 Å². The second-order valence-electron chi connectivity index (χ2n) is 2.53. The van der Waals surface area contributed by atoms with Crippen molar-refractivity contribution in [2.75, 3.05) is 13.7 Å². The molecule has 11 heavy (non-hydrogen) atoms. The van der Waals surface area contributed by atoms with Crippen LogP contribution in [0.2, 0.25) is 0 Å². The normalized spacial score (nSPS) is 28.6. The lowest BCUT2D eigenvalue weighted by Crippen LogP contribution is -2.17. The van der Waals surface area contributed by atoms with Crippen molar-refractivity contribution in [1.29, 1.82) is 0 Å². The molecule has 1 heterocycles. The number of nitrogens with one attached hydrogen (secondary N) is 1. The number of ether oxygens (including phenoxy) is 1. The maximum Gasteiger partial charge on any atom is 0.292 e. The summed E-state index contributed by atoms with van der Waals surface area (Å²) in [7, 11) is 1.31. The fourth-order valence-electron chi connectivity index (χ4n) is 0.912. The molecule has 1 aliphatic rings. The Kier molecular flexibility index (Phi) is 5.78. The van der Waals surface area contributed by atoms with Crippen LogP contribution < -0.4 is 5.32 Å². The van der Waals surface area contributed by atoms with Crippen molar-refractivity contribution in [1.82, 2.24) is 5.32 Å². The van der Waals surface area contributed by atoms with E-state index in [9.17, 15) is 0 Å². The first-order chi connectivity index (χ1) is 5.20. The van der Waals surface area contributed by atoms with Crippen molar-refractivity contribution in [2.45, 2.75) is 25.5 Å². The summed E-state index contributed by atoms with van der Waals surface area (Å²) in [5.74, 6) is 0. The van der Waals surface area contributed by atoms with Gasteiger partial charge in [-0.05, 0) is 13.3 Å². The molecule has 1 rings (SSSR count). The van der Waals surface area contributed by atoms with E-state index in [0.717, 1.165) is 13.0 Å². The van der Waals surface area contributed by atoms with Gasteiger partial charge < -0.3 is 15.2 Å². The fourth-order valence-corrected chi connectivity index (χ4v) is 0.912. The molecule has 1 fully saturated rings. The van der Waals surface area contributed by atoms with Gasteiger partial charge in [0.15, 0.2) is 0 Å². The highest BCUT2D eigenvalue weighted by molar-refractivity contribution is 5.36. The summed E-state index contributed by atoms with van der Waals surface area (Å²) in [6, 6.07) is 0.523. The van der Waals surface area contributed by atoms with Gasteiger partial charge in [-0.2, -0.15) is 0 Å². The first-order valence-corrected chi connectivity index (χ1v) is 3.58. The molecule has 0 aliphatic carbocycles. The highest BCUT2D eigenvalue weighted by Crippen LogP contribution is 2.03. The highest BCUT2D eigenvalue weighted by atomic mass is 16.5. The first kappa shape index (κ1) is 10.4. The molecular weight excluding hydrogens is 146 g/mol. The van der Waals surface area contributed by atoms with Crippen LogP contribution in [0.3, 0.4) is 0 Å². The van der Waals surface area contributed by atoms with Crippen molar-refractivity contribution in [2.24, 2.45) is 0 Å². The second-order valence-corrected chi connectivity index (χ2v) is 2.53. The number of rotatable bonds is 1. The average molecular weight is 161 g/mol. The second kappa shape index (κ2) is 6.12. The van der Waals surface area contributed by atoms with E-state index in [0.29, 0.717) is 12.5 Å². The minimum Gasteiger partial charge on any atom is -0.471 e. The molecule has 0 unspecified atom stereocenters. The Morgan fingerprint density at radius 2 is 2.27 bits per heavy atom. The largest absolute Gasteiger partial charge is 0.471 e. The molecule has 0 saturated carbocycles. The molecule has 4 nitrogen and oxygen atoms in total. The van der Waals surface area contributed by atoms with Crippen molar-refractivity contribution in [3.05, 3.63) is 0 Å². The SMILES string of the molecule is COC=O.C[C@@H]1C[C@H](O)CN1. The summed E-state index contributed by atoms with van der Waals surface area (Å²) in [6.07, 6.45) is 0.829. The monoisotopic (exact) mass is 161 g/mol. The number of methoxy groups -OCH3 is 1. The summed E-state index contributed by atoms with van der Waals surface area (Å²) in [5.41, 5.74) is 0. The van der Waals surface area contributed by atoms with E-state index < -0.39 is 0 Å². The third-order valence-electron chi connectivity index (χ3n) is 1.42. The minimum atomic E-state index is -0.0880. The van der Waals surface area contributed by atoms with Gasteiger partial charge in [0, 0.05) is 12.6 Å². The van der Waals surface area contributed by atoms with Crippen molar-refractivity contribution >= 4 is 6.47 Å². The smallest absolute Gasteiger partial charge is 0.292 e. The molecule has 66 valence electrons. The topological polar surface area (TPSA) is 58.6 Å². The molecule has 1 saturated heterocycles.